The van der Waals surface area contributed by atoms with Crippen molar-refractivity contribution in [2.45, 2.75) is 26.3 Å². The average molecular weight is 133 g/mol. The molecular weight excluding hydrogens is 114 g/mol. The highest BCUT2D eigenvalue weighted by Crippen LogP contribution is 1.89. The molecule has 0 amide bonds. The molecule has 2 nitrogen and oxygen atoms in total. The van der Waals surface area contributed by atoms with Crippen molar-refractivity contribution in [2.75, 3.05) is 20.3 Å². The maximum atomic E-state index is 5.21. The molecule has 0 aliphatic carbocycles. The van der Waals surface area contributed by atoms with Crippen LogP contribution in [-0.4, -0.2) is 26.3 Å². The molecule has 0 aromatic rings. The van der Waals surface area contributed by atoms with Crippen molar-refractivity contribution in [3.63, 3.8) is 0 Å². The zero-order chi connectivity index (χ0) is 7.11. The van der Waals surface area contributed by atoms with Crippen molar-refractivity contribution in [3.8, 4) is 0 Å². The van der Waals surface area contributed by atoms with E-state index in [-0.39, 0.29) is 1.43 Å². The minimum absolute atomic E-state index is 0. The third kappa shape index (κ3) is 4.43. The van der Waals surface area contributed by atoms with Crippen LogP contribution in [-0.2, 0) is 4.74 Å². The summed E-state index contributed by atoms with van der Waals surface area (Å²) in [5.41, 5.74) is 0. The fourth-order valence-electron chi connectivity index (χ4n) is 0.665. The van der Waals surface area contributed by atoms with Crippen molar-refractivity contribution in [1.29, 1.82) is 0 Å². The van der Waals surface area contributed by atoms with E-state index in [0.29, 0.717) is 6.04 Å². The summed E-state index contributed by atoms with van der Waals surface area (Å²) in [7, 11) is 1.97. The van der Waals surface area contributed by atoms with Gasteiger partial charge in [-0.3, -0.25) is 0 Å². The topological polar surface area (TPSA) is 21.3 Å². The Morgan fingerprint density at radius 2 is 2.22 bits per heavy atom. The summed E-state index contributed by atoms with van der Waals surface area (Å²) in [6.07, 6.45) is 1.14. The highest BCUT2D eigenvalue weighted by atomic mass is 16.5. The van der Waals surface area contributed by atoms with Crippen LogP contribution in [0, 0.1) is 0 Å². The molecule has 9 heavy (non-hydrogen) atoms. The third-order valence-electron chi connectivity index (χ3n) is 1.42. The lowest BCUT2D eigenvalue weighted by molar-refractivity contribution is 0.124. The Balaban J connectivity index is 0. The first-order valence-electron chi connectivity index (χ1n) is 3.60. The Hall–Kier alpha value is -0.0800. The minimum Gasteiger partial charge on any atom is -0.380 e. The summed E-state index contributed by atoms with van der Waals surface area (Å²) >= 11 is 0. The first kappa shape index (κ1) is 8.92. The second-order valence-corrected chi connectivity index (χ2v) is 2.05. The first-order chi connectivity index (χ1) is 4.35. The van der Waals surface area contributed by atoms with Crippen LogP contribution in [0.1, 0.15) is 21.7 Å². The van der Waals surface area contributed by atoms with Gasteiger partial charge in [0.2, 0.25) is 0 Å². The molecule has 0 aliphatic rings. The summed E-state index contributed by atoms with van der Waals surface area (Å²) in [6.45, 7) is 5.82. The van der Waals surface area contributed by atoms with E-state index in [1.165, 1.54) is 0 Å². The van der Waals surface area contributed by atoms with Crippen LogP contribution in [0.2, 0.25) is 0 Å². The predicted molar refractivity (Wildman–Crippen MR) is 41.7 cm³/mol. The van der Waals surface area contributed by atoms with E-state index in [4.69, 9.17) is 4.74 Å². The number of nitrogens with one attached hydrogen (secondary N) is 1. The van der Waals surface area contributed by atoms with Crippen LogP contribution in [0.15, 0.2) is 0 Å². The molecule has 0 aromatic heterocycles. The molecule has 58 valence electrons. The Labute approximate surface area is 59.1 Å². The number of hydrogen-bond acceptors (Lipinski definition) is 2. The SMILES string of the molecule is CCOC[C@H](CC)NC.[HH]. The number of ether oxygens (including phenoxy) is 1. The van der Waals surface area contributed by atoms with Gasteiger partial charge in [-0.25, -0.2) is 0 Å². The van der Waals surface area contributed by atoms with Crippen molar-refractivity contribution in [3.05, 3.63) is 0 Å². The van der Waals surface area contributed by atoms with Gasteiger partial charge >= 0.3 is 0 Å². The summed E-state index contributed by atoms with van der Waals surface area (Å²) in [5.74, 6) is 0. The minimum atomic E-state index is 0. The van der Waals surface area contributed by atoms with E-state index in [1.807, 2.05) is 14.0 Å². The molecule has 0 unspecified atom stereocenters. The third-order valence-corrected chi connectivity index (χ3v) is 1.42. The molecule has 0 aliphatic heterocycles. The largest absolute Gasteiger partial charge is 0.380 e. The molecule has 0 saturated carbocycles. The molecule has 1 N–H and O–H groups in total. The summed E-state index contributed by atoms with van der Waals surface area (Å²) in [6, 6.07) is 0.532. The molecule has 0 saturated heterocycles. The van der Waals surface area contributed by atoms with Gasteiger partial charge < -0.3 is 10.1 Å². The maximum Gasteiger partial charge on any atom is 0.0619 e. The summed E-state index contributed by atoms with van der Waals surface area (Å²) in [5, 5.41) is 3.16. The van der Waals surface area contributed by atoms with Crippen LogP contribution in [0.3, 0.4) is 0 Å². The zero-order valence-electron chi connectivity index (χ0n) is 6.61. The lowest BCUT2D eigenvalue weighted by Crippen LogP contribution is -2.29. The van der Waals surface area contributed by atoms with Crippen molar-refractivity contribution in [2.24, 2.45) is 0 Å². The smallest absolute Gasteiger partial charge is 0.0619 e. The monoisotopic (exact) mass is 133 g/mol. The Morgan fingerprint density at radius 1 is 1.56 bits per heavy atom. The fraction of sp³-hybridized carbons (Fsp3) is 1.00. The quantitative estimate of drug-likeness (QED) is 0.609. The molecule has 1 atom stereocenters. The maximum absolute atomic E-state index is 5.21. The van der Waals surface area contributed by atoms with Gasteiger partial charge in [0.25, 0.3) is 0 Å². The van der Waals surface area contributed by atoms with Gasteiger partial charge in [0.05, 0.1) is 6.61 Å². The summed E-state index contributed by atoms with van der Waals surface area (Å²) in [4.78, 5) is 0. The summed E-state index contributed by atoms with van der Waals surface area (Å²) < 4.78 is 5.21. The lowest BCUT2D eigenvalue weighted by Gasteiger charge is -2.12. The van der Waals surface area contributed by atoms with Crippen molar-refractivity contribution in [1.82, 2.24) is 5.32 Å². The van der Waals surface area contributed by atoms with Gasteiger partial charge in [0, 0.05) is 14.1 Å². The second kappa shape index (κ2) is 6.05. The lowest BCUT2D eigenvalue weighted by atomic mass is 10.2. The van der Waals surface area contributed by atoms with Gasteiger partial charge in [-0.1, -0.05) is 6.92 Å². The van der Waals surface area contributed by atoms with E-state index >= 15 is 0 Å². The van der Waals surface area contributed by atoms with E-state index in [0.717, 1.165) is 19.6 Å². The molecule has 0 spiro atoms. The van der Waals surface area contributed by atoms with Gasteiger partial charge in [-0.15, -0.1) is 0 Å². The Bertz CT molecular complexity index is 57.6. The van der Waals surface area contributed by atoms with Crippen molar-refractivity contribution < 1.29 is 6.16 Å². The standard InChI is InChI=1S/C7H17NO.H2/c1-4-7(8-3)6-9-5-2;/h7-8H,4-6H2,1-3H3;1H/t7-;/m0./s1. The molecule has 2 heteroatoms. The first-order valence-corrected chi connectivity index (χ1v) is 3.60. The normalized spacial score (nSPS) is 13.7. The molecule has 0 radical (unpaired) electrons. The van der Waals surface area contributed by atoms with Gasteiger partial charge in [-0.2, -0.15) is 0 Å². The van der Waals surface area contributed by atoms with Crippen LogP contribution >= 0.6 is 0 Å². The molecule has 0 fully saturated rings. The Kier molecular flexibility index (Phi) is 5.99. The highest BCUT2D eigenvalue weighted by Gasteiger charge is 1.99. The van der Waals surface area contributed by atoms with Gasteiger partial charge in [-0.05, 0) is 20.4 Å². The molecule has 0 aromatic carbocycles. The number of rotatable bonds is 5. The van der Waals surface area contributed by atoms with E-state index < -0.39 is 0 Å². The molecule has 0 bridgehead atoms. The molecular formula is C7H19NO. The van der Waals surface area contributed by atoms with E-state index in [9.17, 15) is 0 Å². The van der Waals surface area contributed by atoms with Crippen LogP contribution in [0.25, 0.3) is 0 Å². The molecule has 0 heterocycles. The van der Waals surface area contributed by atoms with Crippen LogP contribution < -0.4 is 5.32 Å². The van der Waals surface area contributed by atoms with Crippen molar-refractivity contribution >= 4 is 0 Å². The van der Waals surface area contributed by atoms with E-state index in [1.54, 1.807) is 0 Å². The highest BCUT2D eigenvalue weighted by molar-refractivity contribution is 4.58. The van der Waals surface area contributed by atoms with Gasteiger partial charge in [0.1, 0.15) is 0 Å². The molecule has 0 rings (SSSR count). The second-order valence-electron chi connectivity index (χ2n) is 2.05. The Morgan fingerprint density at radius 3 is 2.56 bits per heavy atom. The number of likely N-dealkylation sites (N-methyl/N-ethyl adjacent to an activating group) is 1. The average Bonchev–Trinajstić information content (AvgIpc) is 1.91. The zero-order valence-corrected chi connectivity index (χ0v) is 6.61. The van der Waals surface area contributed by atoms with E-state index in [2.05, 4.69) is 12.2 Å². The van der Waals surface area contributed by atoms with Crippen LogP contribution in [0.4, 0.5) is 0 Å². The fourth-order valence-corrected chi connectivity index (χ4v) is 0.665. The van der Waals surface area contributed by atoms with Gasteiger partial charge in [0.15, 0.2) is 0 Å². The van der Waals surface area contributed by atoms with Crippen LogP contribution in [0.5, 0.6) is 0 Å². The number of hydrogen-bond donors (Lipinski definition) is 1. The predicted octanol–water partition coefficient (Wildman–Crippen LogP) is 1.27.